The van der Waals surface area contributed by atoms with E-state index in [9.17, 15) is 26.7 Å². The number of aromatic nitrogens is 4. The number of nitrogens with one attached hydrogen (secondary N) is 1. The maximum Gasteiger partial charge on any atom is 0.416 e. The van der Waals surface area contributed by atoms with Gasteiger partial charge in [-0.05, 0) is 31.5 Å². The lowest BCUT2D eigenvalue weighted by molar-refractivity contribution is -0.137. The molecule has 1 amide bonds. The molecule has 0 aliphatic carbocycles. The van der Waals surface area contributed by atoms with Crippen molar-refractivity contribution in [2.24, 2.45) is 5.92 Å². The first-order valence-corrected chi connectivity index (χ1v) is 10.2. The highest BCUT2D eigenvalue weighted by Crippen LogP contribution is 2.35. The maximum absolute atomic E-state index is 13.4. The number of halogens is 5. The molecule has 2 atom stereocenters. The van der Waals surface area contributed by atoms with E-state index in [0.29, 0.717) is 18.7 Å². The van der Waals surface area contributed by atoms with Crippen molar-refractivity contribution < 1.29 is 31.5 Å². The van der Waals surface area contributed by atoms with E-state index >= 15 is 0 Å². The van der Waals surface area contributed by atoms with Crippen LogP contribution in [0.1, 0.15) is 40.0 Å². The number of rotatable bonds is 6. The van der Waals surface area contributed by atoms with Crippen molar-refractivity contribution in [2.45, 2.75) is 38.5 Å². The van der Waals surface area contributed by atoms with Crippen LogP contribution in [-0.2, 0) is 17.5 Å². The first-order valence-electron chi connectivity index (χ1n) is 10.2. The highest BCUT2D eigenvalue weighted by molar-refractivity contribution is 5.92. The zero-order valence-electron chi connectivity index (χ0n) is 17.4. The Labute approximate surface area is 185 Å². The zero-order valence-corrected chi connectivity index (χ0v) is 17.4. The first kappa shape index (κ1) is 23.0. The molecule has 1 saturated heterocycles. The fourth-order valence-electron chi connectivity index (χ4n) is 3.82. The molecule has 0 radical (unpaired) electrons. The lowest BCUT2D eigenvalue weighted by Crippen LogP contribution is -2.36. The third-order valence-corrected chi connectivity index (χ3v) is 5.44. The first-order chi connectivity index (χ1) is 15.6. The molecule has 7 nitrogen and oxygen atoms in total. The fourth-order valence-corrected chi connectivity index (χ4v) is 3.82. The minimum atomic E-state index is -4.65. The summed E-state index contributed by atoms with van der Waals surface area (Å²) in [5.41, 5.74) is -0.330. The summed E-state index contributed by atoms with van der Waals surface area (Å²) in [6.45, 7) is 1.46. The number of alkyl halides is 5. The normalized spacial score (nSPS) is 17.6. The number of benzene rings is 1. The van der Waals surface area contributed by atoms with Gasteiger partial charge in [-0.15, -0.1) is 0 Å². The molecule has 1 aromatic carbocycles. The van der Waals surface area contributed by atoms with Crippen LogP contribution in [0.25, 0.3) is 11.0 Å². The molecule has 1 aliphatic heterocycles. The summed E-state index contributed by atoms with van der Waals surface area (Å²) < 4.78 is 73.1. The Morgan fingerprint density at radius 3 is 2.67 bits per heavy atom. The zero-order chi connectivity index (χ0) is 23.8. The Bertz CT molecular complexity index is 1140. The summed E-state index contributed by atoms with van der Waals surface area (Å²) in [6, 6.07) is 1.89. The van der Waals surface area contributed by atoms with Crippen LogP contribution in [-0.4, -0.2) is 45.1 Å². The lowest BCUT2D eigenvalue weighted by atomic mass is 9.98. The Hall–Kier alpha value is -3.15. The average molecular weight is 469 g/mol. The number of hydrogen-bond acceptors (Lipinski definition) is 5. The Morgan fingerprint density at radius 2 is 2.06 bits per heavy atom. The van der Waals surface area contributed by atoms with E-state index in [1.165, 1.54) is 12.4 Å². The summed E-state index contributed by atoms with van der Waals surface area (Å²) in [6.07, 6.45) is -4.30. The SMILES string of the molecule is Cc1cnc(C(=O)NC(c2nc3ccc(C(F)(F)F)cc3n2CC(F)F)C2CCOC2)cn1. The van der Waals surface area contributed by atoms with Gasteiger partial charge in [0.25, 0.3) is 12.3 Å². The molecule has 3 aromatic rings. The van der Waals surface area contributed by atoms with Gasteiger partial charge < -0.3 is 14.6 Å². The molecule has 0 spiro atoms. The molecule has 1 fully saturated rings. The van der Waals surface area contributed by atoms with Crippen LogP contribution >= 0.6 is 0 Å². The predicted molar refractivity (Wildman–Crippen MR) is 107 cm³/mol. The molecule has 1 aliphatic rings. The number of carbonyl (C=O) groups is 1. The van der Waals surface area contributed by atoms with E-state index in [2.05, 4.69) is 20.3 Å². The van der Waals surface area contributed by atoms with Crippen LogP contribution in [0.15, 0.2) is 30.6 Å². The standard InChI is InChI=1S/C21H20F5N5O2/c1-11-7-28-15(8-27-11)20(32)30-18(12-4-5-33-10-12)19-29-14-3-2-13(21(24,25)26)6-16(14)31(19)9-17(22)23/h2-3,6-8,12,17-18H,4-5,9-10H2,1H3,(H,30,32). The van der Waals surface area contributed by atoms with Crippen molar-refractivity contribution in [3.8, 4) is 0 Å². The summed E-state index contributed by atoms with van der Waals surface area (Å²) in [5, 5.41) is 2.76. The molecule has 2 aromatic heterocycles. The molecular formula is C21H20F5N5O2. The number of imidazole rings is 1. The van der Waals surface area contributed by atoms with Gasteiger partial charge in [0, 0.05) is 18.7 Å². The maximum atomic E-state index is 13.4. The number of hydrogen-bond donors (Lipinski definition) is 1. The number of aryl methyl sites for hydroxylation is 1. The molecule has 0 saturated carbocycles. The van der Waals surface area contributed by atoms with Gasteiger partial charge >= 0.3 is 6.18 Å². The average Bonchev–Trinajstić information content (AvgIpc) is 3.40. The number of amides is 1. The summed E-state index contributed by atoms with van der Waals surface area (Å²) >= 11 is 0. The molecule has 1 N–H and O–H groups in total. The molecular weight excluding hydrogens is 449 g/mol. The topological polar surface area (TPSA) is 81.9 Å². The molecule has 2 unspecified atom stereocenters. The van der Waals surface area contributed by atoms with E-state index in [-0.39, 0.29) is 35.1 Å². The Kier molecular flexibility index (Phi) is 6.28. The van der Waals surface area contributed by atoms with Crippen LogP contribution in [0, 0.1) is 12.8 Å². The van der Waals surface area contributed by atoms with Gasteiger partial charge in [0.05, 0.1) is 47.7 Å². The van der Waals surface area contributed by atoms with Crippen LogP contribution in [0.3, 0.4) is 0 Å². The Morgan fingerprint density at radius 1 is 1.27 bits per heavy atom. The van der Waals surface area contributed by atoms with Gasteiger partial charge in [-0.3, -0.25) is 9.78 Å². The summed E-state index contributed by atoms with van der Waals surface area (Å²) in [4.78, 5) is 25.2. The van der Waals surface area contributed by atoms with E-state index in [1.807, 2.05) is 0 Å². The van der Waals surface area contributed by atoms with Gasteiger partial charge in [0.15, 0.2) is 0 Å². The number of carbonyl (C=O) groups excluding carboxylic acids is 1. The molecule has 0 bridgehead atoms. The minimum absolute atomic E-state index is 0.0143. The second-order valence-corrected chi connectivity index (χ2v) is 7.79. The monoisotopic (exact) mass is 469 g/mol. The van der Waals surface area contributed by atoms with E-state index in [0.717, 1.165) is 22.8 Å². The smallest absolute Gasteiger partial charge is 0.381 e. The van der Waals surface area contributed by atoms with Crippen molar-refractivity contribution in [1.82, 2.24) is 24.8 Å². The molecule has 4 rings (SSSR count). The van der Waals surface area contributed by atoms with Crippen LogP contribution in [0.5, 0.6) is 0 Å². The highest BCUT2D eigenvalue weighted by atomic mass is 19.4. The molecule has 33 heavy (non-hydrogen) atoms. The largest absolute Gasteiger partial charge is 0.416 e. The third-order valence-electron chi connectivity index (χ3n) is 5.44. The number of ether oxygens (including phenoxy) is 1. The van der Waals surface area contributed by atoms with Gasteiger partial charge in [-0.1, -0.05) is 0 Å². The third kappa shape index (κ3) is 4.95. The predicted octanol–water partition coefficient (Wildman–Crippen LogP) is 3.93. The van der Waals surface area contributed by atoms with E-state index in [1.54, 1.807) is 6.92 Å². The summed E-state index contributed by atoms with van der Waals surface area (Å²) in [7, 11) is 0. The molecule has 3 heterocycles. The second kappa shape index (κ2) is 9.00. The fraction of sp³-hybridized carbons (Fsp3) is 0.429. The van der Waals surface area contributed by atoms with Crippen molar-refractivity contribution >= 4 is 16.9 Å². The minimum Gasteiger partial charge on any atom is -0.381 e. The van der Waals surface area contributed by atoms with E-state index in [4.69, 9.17) is 4.74 Å². The van der Waals surface area contributed by atoms with Crippen molar-refractivity contribution in [2.75, 3.05) is 13.2 Å². The molecule has 176 valence electrons. The Balaban J connectivity index is 1.79. The van der Waals surface area contributed by atoms with Gasteiger partial charge in [0.2, 0.25) is 0 Å². The van der Waals surface area contributed by atoms with Crippen molar-refractivity contribution in [1.29, 1.82) is 0 Å². The van der Waals surface area contributed by atoms with Crippen molar-refractivity contribution in [3.05, 3.63) is 53.4 Å². The van der Waals surface area contributed by atoms with Gasteiger partial charge in [-0.2, -0.15) is 13.2 Å². The molecule has 12 heteroatoms. The highest BCUT2D eigenvalue weighted by Gasteiger charge is 2.35. The number of fused-ring (bicyclic) bond motifs is 1. The number of nitrogens with zero attached hydrogens (tertiary/aromatic N) is 4. The van der Waals surface area contributed by atoms with E-state index < -0.39 is 36.7 Å². The lowest BCUT2D eigenvalue weighted by Gasteiger charge is -2.24. The quantitative estimate of drug-likeness (QED) is 0.554. The summed E-state index contributed by atoms with van der Waals surface area (Å²) in [5.74, 6) is -0.887. The van der Waals surface area contributed by atoms with Gasteiger partial charge in [0.1, 0.15) is 11.5 Å². The van der Waals surface area contributed by atoms with Gasteiger partial charge in [-0.25, -0.2) is 18.7 Å². The second-order valence-electron chi connectivity index (χ2n) is 7.79. The van der Waals surface area contributed by atoms with Crippen molar-refractivity contribution in [3.63, 3.8) is 0 Å². The van der Waals surface area contributed by atoms with Crippen LogP contribution < -0.4 is 5.32 Å². The van der Waals surface area contributed by atoms with Crippen LogP contribution in [0.2, 0.25) is 0 Å². The van der Waals surface area contributed by atoms with Crippen LogP contribution in [0.4, 0.5) is 22.0 Å².